The van der Waals surface area contributed by atoms with Crippen molar-refractivity contribution in [2.45, 2.75) is 6.43 Å². The molecule has 3 aromatic rings. The molecule has 5 rings (SSSR count). The van der Waals surface area contributed by atoms with Crippen LogP contribution in [0.4, 0.5) is 20.7 Å². The van der Waals surface area contributed by atoms with Gasteiger partial charge in [-0.25, -0.2) is 13.8 Å². The van der Waals surface area contributed by atoms with E-state index in [1.54, 1.807) is 18.2 Å². The molecule has 12 heteroatoms. The first-order valence-electron chi connectivity index (χ1n) is 9.98. The van der Waals surface area contributed by atoms with Gasteiger partial charge in [-0.15, -0.1) is 0 Å². The van der Waals surface area contributed by atoms with Crippen molar-refractivity contribution in [3.8, 4) is 5.95 Å². The smallest absolute Gasteiger partial charge is 0.296 e. The van der Waals surface area contributed by atoms with Gasteiger partial charge in [-0.2, -0.15) is 15.0 Å². The highest BCUT2D eigenvalue weighted by molar-refractivity contribution is 9.10. The summed E-state index contributed by atoms with van der Waals surface area (Å²) in [5.74, 6) is 0.585. The average molecular weight is 496 g/mol. The van der Waals surface area contributed by atoms with Gasteiger partial charge in [0.2, 0.25) is 17.8 Å². The fourth-order valence-electron chi connectivity index (χ4n) is 3.69. The molecule has 0 atom stereocenters. The van der Waals surface area contributed by atoms with Crippen molar-refractivity contribution in [3.63, 3.8) is 0 Å². The minimum atomic E-state index is -2.80. The molecule has 0 amide bonds. The lowest BCUT2D eigenvalue weighted by Gasteiger charge is -2.30. The highest BCUT2D eigenvalue weighted by Crippen LogP contribution is 2.31. The third-order valence-electron chi connectivity index (χ3n) is 5.24. The highest BCUT2D eigenvalue weighted by atomic mass is 79.9. The highest BCUT2D eigenvalue weighted by Gasteiger charge is 2.26. The Bertz CT molecular complexity index is 1050. The molecule has 0 bridgehead atoms. The Labute approximate surface area is 185 Å². The molecule has 31 heavy (non-hydrogen) atoms. The van der Waals surface area contributed by atoms with Crippen LogP contribution in [-0.4, -0.2) is 77.1 Å². The first-order chi connectivity index (χ1) is 15.1. The molecule has 0 radical (unpaired) electrons. The van der Waals surface area contributed by atoms with Crippen LogP contribution in [0.1, 0.15) is 12.2 Å². The van der Waals surface area contributed by atoms with Gasteiger partial charge >= 0.3 is 0 Å². The van der Waals surface area contributed by atoms with Gasteiger partial charge in [-0.05, 0) is 28.1 Å². The molecule has 9 nitrogen and oxygen atoms in total. The SMILES string of the molecule is FC(F)c1nc2c(Br)cccc2n1-c1nc(N2CCOCC2)nc(N2CCOCC2)n1. The molecule has 2 aromatic heterocycles. The molecule has 2 fully saturated rings. The summed E-state index contributed by atoms with van der Waals surface area (Å²) in [5, 5.41) is 0. The van der Waals surface area contributed by atoms with Gasteiger partial charge in [0.05, 0.1) is 31.9 Å². The maximum Gasteiger partial charge on any atom is 0.296 e. The number of anilines is 2. The molecule has 2 aliphatic rings. The van der Waals surface area contributed by atoms with Crippen molar-refractivity contribution in [2.75, 3.05) is 62.4 Å². The second-order valence-electron chi connectivity index (χ2n) is 7.15. The first-order valence-corrected chi connectivity index (χ1v) is 10.8. The van der Waals surface area contributed by atoms with Gasteiger partial charge in [0.15, 0.2) is 5.82 Å². The van der Waals surface area contributed by atoms with Crippen LogP contribution in [0.2, 0.25) is 0 Å². The van der Waals surface area contributed by atoms with Crippen LogP contribution in [0.5, 0.6) is 0 Å². The molecular weight excluding hydrogens is 476 g/mol. The zero-order valence-corrected chi connectivity index (χ0v) is 18.1. The molecule has 1 aromatic carbocycles. The summed E-state index contributed by atoms with van der Waals surface area (Å²) in [5.41, 5.74) is 0.927. The summed E-state index contributed by atoms with van der Waals surface area (Å²) in [7, 11) is 0. The molecular formula is C19H20BrF2N7O2. The van der Waals surface area contributed by atoms with Crippen LogP contribution in [0.3, 0.4) is 0 Å². The van der Waals surface area contributed by atoms with E-state index in [9.17, 15) is 8.78 Å². The molecule has 0 aliphatic carbocycles. The number of halogens is 3. The third-order valence-corrected chi connectivity index (χ3v) is 5.88. The second kappa shape index (κ2) is 8.60. The number of fused-ring (bicyclic) bond motifs is 1. The maximum atomic E-state index is 14.0. The van der Waals surface area contributed by atoms with Crippen molar-refractivity contribution in [1.29, 1.82) is 0 Å². The minimum Gasteiger partial charge on any atom is -0.378 e. The molecule has 0 spiro atoms. The maximum absolute atomic E-state index is 14.0. The third kappa shape index (κ3) is 3.94. The Balaban J connectivity index is 1.69. The molecule has 0 unspecified atom stereocenters. The Kier molecular flexibility index (Phi) is 5.67. The summed E-state index contributed by atoms with van der Waals surface area (Å²) >= 11 is 3.40. The molecule has 2 saturated heterocycles. The Morgan fingerprint density at radius 2 is 1.35 bits per heavy atom. The fourth-order valence-corrected chi connectivity index (χ4v) is 4.14. The van der Waals surface area contributed by atoms with E-state index in [0.29, 0.717) is 80.0 Å². The van der Waals surface area contributed by atoms with E-state index in [2.05, 4.69) is 35.9 Å². The molecule has 4 heterocycles. The standard InChI is InChI=1S/C19H20BrF2N7O2/c20-12-2-1-3-13-14(12)23-16(15(21)22)29(13)19-25-17(27-4-8-30-9-5-27)24-18(26-19)28-6-10-31-11-7-28/h1-3,15H,4-11H2. The number of para-hydroxylation sites is 1. The number of hydrogen-bond acceptors (Lipinski definition) is 8. The van der Waals surface area contributed by atoms with E-state index in [0.717, 1.165) is 0 Å². The van der Waals surface area contributed by atoms with Crippen LogP contribution in [0.25, 0.3) is 17.0 Å². The number of imidazole rings is 1. The topological polar surface area (TPSA) is 81.4 Å². The molecule has 2 aliphatic heterocycles. The van der Waals surface area contributed by atoms with E-state index >= 15 is 0 Å². The van der Waals surface area contributed by atoms with Gasteiger partial charge < -0.3 is 19.3 Å². The van der Waals surface area contributed by atoms with E-state index < -0.39 is 12.2 Å². The number of alkyl halides is 2. The van der Waals surface area contributed by atoms with Crippen molar-refractivity contribution in [1.82, 2.24) is 24.5 Å². The van der Waals surface area contributed by atoms with E-state index in [4.69, 9.17) is 9.47 Å². The number of ether oxygens (including phenoxy) is 2. The summed E-state index contributed by atoms with van der Waals surface area (Å²) in [6.45, 7) is 4.67. The quantitative estimate of drug-likeness (QED) is 0.546. The Morgan fingerprint density at radius 1 is 0.806 bits per heavy atom. The van der Waals surface area contributed by atoms with Gasteiger partial charge in [0.1, 0.15) is 5.52 Å². The van der Waals surface area contributed by atoms with Crippen LogP contribution in [0.15, 0.2) is 22.7 Å². The summed E-state index contributed by atoms with van der Waals surface area (Å²) in [6, 6.07) is 5.26. The molecule has 0 N–H and O–H groups in total. The largest absolute Gasteiger partial charge is 0.378 e. The van der Waals surface area contributed by atoms with Crippen molar-refractivity contribution >= 4 is 38.9 Å². The lowest BCUT2D eigenvalue weighted by Crippen LogP contribution is -2.40. The van der Waals surface area contributed by atoms with Crippen LogP contribution < -0.4 is 9.80 Å². The predicted molar refractivity (Wildman–Crippen MR) is 113 cm³/mol. The second-order valence-corrected chi connectivity index (χ2v) is 8.00. The van der Waals surface area contributed by atoms with Gasteiger partial charge in [0.25, 0.3) is 6.43 Å². The van der Waals surface area contributed by atoms with Gasteiger partial charge in [-0.1, -0.05) is 6.07 Å². The number of morpholine rings is 2. The predicted octanol–water partition coefficient (Wildman–Crippen LogP) is 2.58. The fraction of sp³-hybridized carbons (Fsp3) is 0.474. The van der Waals surface area contributed by atoms with Crippen LogP contribution >= 0.6 is 15.9 Å². The average Bonchev–Trinajstić information content (AvgIpc) is 3.21. The lowest BCUT2D eigenvalue weighted by atomic mass is 10.3. The van der Waals surface area contributed by atoms with Crippen LogP contribution in [0, 0.1) is 0 Å². The first kappa shape index (κ1) is 20.5. The number of nitrogens with zero attached hydrogens (tertiary/aromatic N) is 7. The normalized spacial score (nSPS) is 17.7. The molecule has 164 valence electrons. The van der Waals surface area contributed by atoms with E-state index in [1.807, 2.05) is 9.80 Å². The Morgan fingerprint density at radius 3 is 1.90 bits per heavy atom. The monoisotopic (exact) mass is 495 g/mol. The minimum absolute atomic E-state index is 0.119. The van der Waals surface area contributed by atoms with Crippen molar-refractivity contribution in [3.05, 3.63) is 28.5 Å². The van der Waals surface area contributed by atoms with Gasteiger partial charge in [0, 0.05) is 30.7 Å². The van der Waals surface area contributed by atoms with E-state index in [-0.39, 0.29) is 5.95 Å². The zero-order valence-electron chi connectivity index (χ0n) is 16.5. The lowest BCUT2D eigenvalue weighted by molar-refractivity contribution is 0.121. The summed E-state index contributed by atoms with van der Waals surface area (Å²) in [6.07, 6.45) is -2.80. The van der Waals surface area contributed by atoms with Crippen molar-refractivity contribution in [2.24, 2.45) is 0 Å². The zero-order chi connectivity index (χ0) is 21.4. The number of aromatic nitrogens is 5. The van der Waals surface area contributed by atoms with Crippen molar-refractivity contribution < 1.29 is 18.3 Å². The Hall–Kier alpha value is -2.44. The summed E-state index contributed by atoms with van der Waals surface area (Å²) < 4.78 is 40.8. The number of hydrogen-bond donors (Lipinski definition) is 0. The summed E-state index contributed by atoms with van der Waals surface area (Å²) in [4.78, 5) is 21.9. The number of benzene rings is 1. The molecule has 0 saturated carbocycles. The van der Waals surface area contributed by atoms with Crippen LogP contribution in [-0.2, 0) is 9.47 Å². The van der Waals surface area contributed by atoms with Gasteiger partial charge in [-0.3, -0.25) is 4.57 Å². The van der Waals surface area contributed by atoms with E-state index in [1.165, 1.54) is 4.57 Å². The number of rotatable bonds is 4.